The number of hydrogen-bond donors (Lipinski definition) is 2. The second-order valence-electron chi connectivity index (χ2n) is 3.44. The average molecular weight is 344 g/mol. The molecule has 0 saturated heterocycles. The van der Waals surface area contributed by atoms with E-state index < -0.39 is 16.6 Å². The molecule has 1 heterocycles. The number of ether oxygens (including phenoxy) is 1. The molecule has 8 nitrogen and oxygen atoms in total. The summed E-state index contributed by atoms with van der Waals surface area (Å²) in [7, 11) is 0. The summed E-state index contributed by atoms with van der Waals surface area (Å²) < 4.78 is 19.0. The standard InChI is InChI=1S/C10H7BrFN5O3/c11-5-2-1-3-7(17(18)19)8(5)20-9-6(12)4-14-10(15-9)16-13/h1-4H,13H2,(H,14,15,16). The molecule has 0 aliphatic heterocycles. The van der Waals surface area contributed by atoms with Gasteiger partial charge in [-0.2, -0.15) is 9.37 Å². The molecule has 20 heavy (non-hydrogen) atoms. The molecule has 0 fully saturated rings. The molecule has 0 spiro atoms. The number of nitro groups is 1. The van der Waals surface area contributed by atoms with Crippen molar-refractivity contribution < 1.29 is 14.1 Å². The van der Waals surface area contributed by atoms with Crippen molar-refractivity contribution >= 4 is 27.6 Å². The number of benzene rings is 1. The Labute approximate surface area is 120 Å². The van der Waals surface area contributed by atoms with E-state index >= 15 is 0 Å². The van der Waals surface area contributed by atoms with Gasteiger partial charge in [-0.1, -0.05) is 6.07 Å². The van der Waals surface area contributed by atoms with E-state index in [4.69, 9.17) is 10.6 Å². The van der Waals surface area contributed by atoms with Gasteiger partial charge in [0, 0.05) is 6.07 Å². The Morgan fingerprint density at radius 1 is 1.50 bits per heavy atom. The van der Waals surface area contributed by atoms with Crippen LogP contribution in [-0.4, -0.2) is 14.9 Å². The fraction of sp³-hybridized carbons (Fsp3) is 0. The van der Waals surface area contributed by atoms with Gasteiger partial charge in [-0.3, -0.25) is 15.5 Å². The predicted molar refractivity (Wildman–Crippen MR) is 70.7 cm³/mol. The molecule has 0 aliphatic rings. The number of para-hydroxylation sites is 1. The van der Waals surface area contributed by atoms with Crippen LogP contribution in [0.15, 0.2) is 28.9 Å². The molecule has 104 valence electrons. The van der Waals surface area contributed by atoms with Gasteiger partial charge in [-0.05, 0) is 22.0 Å². The fourth-order valence-corrected chi connectivity index (χ4v) is 1.77. The molecule has 0 unspecified atom stereocenters. The third kappa shape index (κ3) is 2.81. The number of nitrogens with two attached hydrogens (primary N) is 1. The van der Waals surface area contributed by atoms with Gasteiger partial charge in [-0.15, -0.1) is 0 Å². The minimum atomic E-state index is -0.881. The summed E-state index contributed by atoms with van der Waals surface area (Å²) in [4.78, 5) is 17.4. The predicted octanol–water partition coefficient (Wildman–Crippen LogP) is 2.36. The molecule has 0 saturated carbocycles. The number of nitrogens with one attached hydrogen (secondary N) is 1. The van der Waals surface area contributed by atoms with E-state index in [1.807, 2.05) is 0 Å². The second kappa shape index (κ2) is 5.75. The molecule has 1 aromatic heterocycles. The van der Waals surface area contributed by atoms with Crippen molar-refractivity contribution in [2.75, 3.05) is 5.43 Å². The van der Waals surface area contributed by atoms with Crippen LogP contribution >= 0.6 is 15.9 Å². The largest absolute Gasteiger partial charge is 0.428 e. The Hall–Kier alpha value is -2.33. The first-order valence-electron chi connectivity index (χ1n) is 5.13. The van der Waals surface area contributed by atoms with Gasteiger partial charge >= 0.3 is 5.69 Å². The fourth-order valence-electron chi connectivity index (χ4n) is 1.33. The van der Waals surface area contributed by atoms with Crippen LogP contribution in [-0.2, 0) is 0 Å². The van der Waals surface area contributed by atoms with Crippen molar-refractivity contribution in [3.05, 3.63) is 44.8 Å². The van der Waals surface area contributed by atoms with Crippen molar-refractivity contribution in [3.63, 3.8) is 0 Å². The molecule has 0 aliphatic carbocycles. The average Bonchev–Trinajstić information content (AvgIpc) is 2.43. The number of rotatable bonds is 4. The normalized spacial score (nSPS) is 10.2. The van der Waals surface area contributed by atoms with Crippen molar-refractivity contribution in [1.82, 2.24) is 9.97 Å². The monoisotopic (exact) mass is 343 g/mol. The molecule has 0 radical (unpaired) electrons. The molecular formula is C10H7BrFN5O3. The maximum atomic E-state index is 13.6. The highest BCUT2D eigenvalue weighted by Crippen LogP contribution is 2.38. The SMILES string of the molecule is NNc1ncc(F)c(Oc2c(Br)cccc2[N+](=O)[O-])n1. The van der Waals surface area contributed by atoms with E-state index in [1.54, 1.807) is 0 Å². The summed E-state index contributed by atoms with van der Waals surface area (Å²) in [5, 5.41) is 10.9. The highest BCUT2D eigenvalue weighted by atomic mass is 79.9. The first-order chi connectivity index (χ1) is 9.52. The van der Waals surface area contributed by atoms with Gasteiger partial charge < -0.3 is 4.74 Å². The van der Waals surface area contributed by atoms with Crippen molar-refractivity contribution in [2.45, 2.75) is 0 Å². The summed E-state index contributed by atoms with van der Waals surface area (Å²) in [5.74, 6) is 3.48. The Bertz CT molecular complexity index is 669. The highest BCUT2D eigenvalue weighted by molar-refractivity contribution is 9.10. The number of nitrogen functional groups attached to an aromatic ring is 1. The molecule has 3 N–H and O–H groups in total. The molecule has 2 aromatic rings. The van der Waals surface area contributed by atoms with Gasteiger partial charge in [0.25, 0.3) is 5.88 Å². The van der Waals surface area contributed by atoms with E-state index in [-0.39, 0.29) is 21.9 Å². The lowest BCUT2D eigenvalue weighted by Gasteiger charge is -2.08. The first-order valence-corrected chi connectivity index (χ1v) is 5.92. The third-order valence-corrected chi connectivity index (χ3v) is 2.81. The van der Waals surface area contributed by atoms with Crippen LogP contribution in [0.2, 0.25) is 0 Å². The highest BCUT2D eigenvalue weighted by Gasteiger charge is 2.21. The number of hydrogen-bond acceptors (Lipinski definition) is 7. The van der Waals surface area contributed by atoms with E-state index in [9.17, 15) is 14.5 Å². The molecular weight excluding hydrogens is 337 g/mol. The van der Waals surface area contributed by atoms with E-state index in [0.29, 0.717) is 0 Å². The van der Waals surface area contributed by atoms with Gasteiger partial charge in [0.15, 0.2) is 0 Å². The minimum absolute atomic E-state index is 0.0869. The Kier molecular flexibility index (Phi) is 4.05. The molecule has 0 bridgehead atoms. The van der Waals surface area contributed by atoms with E-state index in [2.05, 4.69) is 31.3 Å². The summed E-state index contributed by atoms with van der Waals surface area (Å²) in [6, 6.07) is 4.20. The number of nitrogens with zero attached hydrogens (tertiary/aromatic N) is 3. The minimum Gasteiger partial charge on any atom is -0.428 e. The Balaban J connectivity index is 2.47. The van der Waals surface area contributed by atoms with Crippen molar-refractivity contribution in [3.8, 4) is 11.6 Å². The molecule has 0 atom stereocenters. The molecule has 10 heteroatoms. The maximum Gasteiger partial charge on any atom is 0.312 e. The number of halogens is 2. The zero-order chi connectivity index (χ0) is 14.7. The Morgan fingerprint density at radius 3 is 2.90 bits per heavy atom. The van der Waals surface area contributed by atoms with Crippen LogP contribution in [0, 0.1) is 15.9 Å². The van der Waals surface area contributed by atoms with Crippen LogP contribution in [0.1, 0.15) is 0 Å². The summed E-state index contributed by atoms with van der Waals surface area (Å²) >= 11 is 3.10. The number of anilines is 1. The van der Waals surface area contributed by atoms with Crippen molar-refractivity contribution in [1.29, 1.82) is 0 Å². The van der Waals surface area contributed by atoms with E-state index in [0.717, 1.165) is 6.20 Å². The van der Waals surface area contributed by atoms with Crippen LogP contribution in [0.4, 0.5) is 16.0 Å². The number of hydrazine groups is 1. The molecule has 1 aromatic carbocycles. The molecule has 2 rings (SSSR count). The quantitative estimate of drug-likeness (QED) is 0.497. The third-order valence-electron chi connectivity index (χ3n) is 2.18. The summed E-state index contributed by atoms with van der Waals surface area (Å²) in [6.45, 7) is 0. The lowest BCUT2D eigenvalue weighted by atomic mass is 10.3. The lowest BCUT2D eigenvalue weighted by Crippen LogP contribution is -2.11. The first kappa shape index (κ1) is 14.1. The van der Waals surface area contributed by atoms with Gasteiger partial charge in [0.1, 0.15) is 0 Å². The summed E-state index contributed by atoms with van der Waals surface area (Å²) in [5.41, 5.74) is 1.78. The maximum absolute atomic E-state index is 13.6. The Morgan fingerprint density at radius 2 is 2.25 bits per heavy atom. The zero-order valence-corrected chi connectivity index (χ0v) is 11.3. The van der Waals surface area contributed by atoms with Gasteiger partial charge in [-0.25, -0.2) is 10.8 Å². The van der Waals surface area contributed by atoms with E-state index in [1.165, 1.54) is 18.2 Å². The zero-order valence-electron chi connectivity index (χ0n) is 9.71. The van der Waals surface area contributed by atoms with Crippen molar-refractivity contribution in [2.24, 2.45) is 5.84 Å². The number of aromatic nitrogens is 2. The smallest absolute Gasteiger partial charge is 0.312 e. The lowest BCUT2D eigenvalue weighted by molar-refractivity contribution is -0.385. The van der Waals surface area contributed by atoms with Crippen LogP contribution in [0.25, 0.3) is 0 Å². The van der Waals surface area contributed by atoms with Gasteiger partial charge in [0.05, 0.1) is 15.6 Å². The van der Waals surface area contributed by atoms with Crippen LogP contribution < -0.4 is 16.0 Å². The van der Waals surface area contributed by atoms with Crippen LogP contribution in [0.5, 0.6) is 11.6 Å². The topological polar surface area (TPSA) is 116 Å². The number of nitro benzene ring substituents is 1. The summed E-state index contributed by atoms with van der Waals surface area (Å²) in [6.07, 6.45) is 0.834. The van der Waals surface area contributed by atoms with Crippen LogP contribution in [0.3, 0.4) is 0 Å². The second-order valence-corrected chi connectivity index (χ2v) is 4.29. The molecule has 0 amide bonds. The van der Waals surface area contributed by atoms with Gasteiger partial charge in [0.2, 0.25) is 17.5 Å².